The van der Waals surface area contributed by atoms with Crippen LogP contribution in [-0.2, 0) is 0 Å². The maximum atomic E-state index is 12.1. The van der Waals surface area contributed by atoms with Crippen LogP contribution < -0.4 is 10.4 Å². The van der Waals surface area contributed by atoms with Crippen molar-refractivity contribution in [2.24, 2.45) is 10.2 Å². The van der Waals surface area contributed by atoms with E-state index < -0.39 is 0 Å². The van der Waals surface area contributed by atoms with Crippen LogP contribution in [0.15, 0.2) is 108 Å². The zero-order valence-electron chi connectivity index (χ0n) is 19.1. The SMILES string of the molecule is O=C(NN=Cc1ccc(N2N=C(c3ccc(Cl)cc3)CC2c2ccc(Cl)cc2)cc1)c1ccncc1. The molecule has 1 aliphatic heterocycles. The summed E-state index contributed by atoms with van der Waals surface area (Å²) in [6.45, 7) is 0. The van der Waals surface area contributed by atoms with Gasteiger partial charge in [-0.05, 0) is 65.2 Å². The van der Waals surface area contributed by atoms with Gasteiger partial charge in [-0.3, -0.25) is 14.8 Å². The van der Waals surface area contributed by atoms with Crippen molar-refractivity contribution < 1.29 is 4.79 Å². The highest BCUT2D eigenvalue weighted by atomic mass is 35.5. The molecule has 0 radical (unpaired) electrons. The van der Waals surface area contributed by atoms with Gasteiger partial charge in [0.05, 0.1) is 23.7 Å². The number of carbonyl (C=O) groups is 1. The third-order valence-electron chi connectivity index (χ3n) is 5.82. The molecule has 0 bridgehead atoms. The third-order valence-corrected chi connectivity index (χ3v) is 6.33. The zero-order valence-corrected chi connectivity index (χ0v) is 20.6. The number of hydrazone groups is 2. The monoisotopic (exact) mass is 513 g/mol. The lowest BCUT2D eigenvalue weighted by Gasteiger charge is -2.24. The van der Waals surface area contributed by atoms with Crippen LogP contribution in [-0.4, -0.2) is 22.8 Å². The van der Waals surface area contributed by atoms with Gasteiger partial charge < -0.3 is 0 Å². The number of amides is 1. The summed E-state index contributed by atoms with van der Waals surface area (Å²) in [7, 11) is 0. The average Bonchev–Trinajstić information content (AvgIpc) is 3.36. The molecule has 0 aliphatic carbocycles. The molecule has 1 aromatic heterocycles. The number of nitrogens with zero attached hydrogens (tertiary/aromatic N) is 4. The normalized spacial score (nSPS) is 15.2. The standard InChI is InChI=1S/C28H21Cl2N5O/c29-23-7-3-20(4-8-23)26-17-27(21-5-9-24(30)10-6-21)35(34-26)25-11-1-19(2-12-25)18-32-33-28(36)22-13-15-31-16-14-22/h1-16,18,27H,17H2,(H,33,36). The lowest BCUT2D eigenvalue weighted by Crippen LogP contribution is -2.18. The summed E-state index contributed by atoms with van der Waals surface area (Å²) in [6, 6.07) is 26.7. The van der Waals surface area contributed by atoms with Crippen LogP contribution in [0.4, 0.5) is 5.69 Å². The Morgan fingerprint density at radius 3 is 2.19 bits per heavy atom. The fourth-order valence-corrected chi connectivity index (χ4v) is 4.21. The van der Waals surface area contributed by atoms with E-state index in [0.717, 1.165) is 34.5 Å². The topological polar surface area (TPSA) is 70.0 Å². The molecule has 178 valence electrons. The van der Waals surface area contributed by atoms with Crippen LogP contribution in [0.5, 0.6) is 0 Å². The molecule has 0 saturated heterocycles. The first-order valence-electron chi connectivity index (χ1n) is 11.3. The minimum atomic E-state index is -0.294. The van der Waals surface area contributed by atoms with E-state index in [1.54, 1.807) is 30.7 Å². The lowest BCUT2D eigenvalue weighted by molar-refractivity contribution is 0.0955. The highest BCUT2D eigenvalue weighted by Gasteiger charge is 2.29. The molecule has 1 amide bonds. The Bertz CT molecular complexity index is 1400. The van der Waals surface area contributed by atoms with Gasteiger partial charge in [-0.15, -0.1) is 0 Å². The molecule has 36 heavy (non-hydrogen) atoms. The van der Waals surface area contributed by atoms with Gasteiger partial charge in [-0.25, -0.2) is 5.43 Å². The van der Waals surface area contributed by atoms with Crippen molar-refractivity contribution in [3.63, 3.8) is 0 Å². The molecule has 0 spiro atoms. The summed E-state index contributed by atoms with van der Waals surface area (Å²) in [5.74, 6) is -0.294. The van der Waals surface area contributed by atoms with Crippen molar-refractivity contribution in [1.82, 2.24) is 10.4 Å². The van der Waals surface area contributed by atoms with Gasteiger partial charge >= 0.3 is 0 Å². The highest BCUT2D eigenvalue weighted by Crippen LogP contribution is 2.37. The van der Waals surface area contributed by atoms with Gasteiger partial charge in [0.15, 0.2) is 0 Å². The fourth-order valence-electron chi connectivity index (χ4n) is 3.96. The van der Waals surface area contributed by atoms with Gasteiger partial charge in [0, 0.05) is 34.4 Å². The Labute approximate surface area is 218 Å². The molecule has 0 fully saturated rings. The van der Waals surface area contributed by atoms with Crippen LogP contribution in [0.25, 0.3) is 0 Å². The number of nitrogens with one attached hydrogen (secondary N) is 1. The number of anilines is 1. The second-order valence-corrected chi connectivity index (χ2v) is 9.07. The summed E-state index contributed by atoms with van der Waals surface area (Å²) in [5.41, 5.74) is 7.95. The van der Waals surface area contributed by atoms with Crippen molar-refractivity contribution in [2.45, 2.75) is 12.5 Å². The van der Waals surface area contributed by atoms with E-state index in [1.165, 1.54) is 0 Å². The smallest absolute Gasteiger partial charge is 0.267 e. The molecule has 8 heteroatoms. The number of benzene rings is 3. The Morgan fingerprint density at radius 2 is 1.53 bits per heavy atom. The highest BCUT2D eigenvalue weighted by molar-refractivity contribution is 6.31. The molecular formula is C28H21Cl2N5O. The summed E-state index contributed by atoms with van der Waals surface area (Å²) >= 11 is 12.2. The van der Waals surface area contributed by atoms with Crippen molar-refractivity contribution >= 4 is 46.7 Å². The molecule has 1 atom stereocenters. The van der Waals surface area contributed by atoms with Crippen molar-refractivity contribution in [1.29, 1.82) is 0 Å². The van der Waals surface area contributed by atoms with Crippen molar-refractivity contribution in [3.05, 3.63) is 130 Å². The minimum absolute atomic E-state index is 0.0205. The number of rotatable bonds is 6. The number of pyridine rings is 1. The largest absolute Gasteiger partial charge is 0.271 e. The van der Waals surface area contributed by atoms with E-state index in [0.29, 0.717) is 15.6 Å². The predicted octanol–water partition coefficient (Wildman–Crippen LogP) is 6.51. The molecular weight excluding hydrogens is 493 g/mol. The number of aromatic nitrogens is 1. The zero-order chi connectivity index (χ0) is 24.9. The summed E-state index contributed by atoms with van der Waals surface area (Å²) in [6.07, 6.45) is 5.47. The van der Waals surface area contributed by atoms with Crippen LogP contribution in [0.3, 0.4) is 0 Å². The number of carbonyl (C=O) groups excluding carboxylic acids is 1. The van der Waals surface area contributed by atoms with Crippen LogP contribution >= 0.6 is 23.2 Å². The van der Waals surface area contributed by atoms with E-state index in [2.05, 4.69) is 15.5 Å². The van der Waals surface area contributed by atoms with E-state index in [1.807, 2.05) is 77.8 Å². The van der Waals surface area contributed by atoms with Gasteiger partial charge in [-0.1, -0.05) is 59.6 Å². The molecule has 1 N–H and O–H groups in total. The molecule has 3 aromatic carbocycles. The van der Waals surface area contributed by atoms with Gasteiger partial charge in [0.1, 0.15) is 0 Å². The summed E-state index contributed by atoms with van der Waals surface area (Å²) in [5, 5.41) is 12.4. The molecule has 0 saturated carbocycles. The Balaban J connectivity index is 1.36. The second kappa shape index (κ2) is 10.7. The average molecular weight is 514 g/mol. The Morgan fingerprint density at radius 1 is 0.889 bits per heavy atom. The Hall–Kier alpha value is -4.00. The molecule has 1 aliphatic rings. The first-order chi connectivity index (χ1) is 17.6. The van der Waals surface area contributed by atoms with E-state index in [4.69, 9.17) is 28.3 Å². The number of hydrogen-bond donors (Lipinski definition) is 1. The van der Waals surface area contributed by atoms with E-state index in [-0.39, 0.29) is 11.9 Å². The van der Waals surface area contributed by atoms with Crippen LogP contribution in [0.2, 0.25) is 10.0 Å². The second-order valence-electron chi connectivity index (χ2n) is 8.20. The first-order valence-corrected chi connectivity index (χ1v) is 12.0. The lowest BCUT2D eigenvalue weighted by atomic mass is 9.98. The van der Waals surface area contributed by atoms with Gasteiger partial charge in [0.2, 0.25) is 0 Å². The first kappa shape index (κ1) is 23.7. The van der Waals surface area contributed by atoms with Crippen molar-refractivity contribution in [2.75, 3.05) is 5.01 Å². The molecule has 6 nitrogen and oxygen atoms in total. The minimum Gasteiger partial charge on any atom is -0.267 e. The quantitative estimate of drug-likeness (QED) is 0.236. The van der Waals surface area contributed by atoms with Gasteiger partial charge in [-0.2, -0.15) is 10.2 Å². The predicted molar refractivity (Wildman–Crippen MR) is 145 cm³/mol. The van der Waals surface area contributed by atoms with Crippen LogP contribution in [0.1, 0.15) is 39.5 Å². The third kappa shape index (κ3) is 5.46. The van der Waals surface area contributed by atoms with Crippen LogP contribution in [0, 0.1) is 0 Å². The van der Waals surface area contributed by atoms with E-state index in [9.17, 15) is 4.79 Å². The van der Waals surface area contributed by atoms with E-state index >= 15 is 0 Å². The molecule has 5 rings (SSSR count). The molecule has 2 heterocycles. The molecule has 1 unspecified atom stereocenters. The van der Waals surface area contributed by atoms with Gasteiger partial charge in [0.25, 0.3) is 5.91 Å². The number of hydrogen-bond acceptors (Lipinski definition) is 5. The summed E-state index contributed by atoms with van der Waals surface area (Å²) in [4.78, 5) is 16.0. The molecule has 4 aromatic rings. The fraction of sp³-hybridized carbons (Fsp3) is 0.0714. The maximum absolute atomic E-state index is 12.1. The Kier molecular flexibility index (Phi) is 7.07. The number of halogens is 2. The summed E-state index contributed by atoms with van der Waals surface area (Å²) < 4.78 is 0. The van der Waals surface area contributed by atoms with Crippen molar-refractivity contribution in [3.8, 4) is 0 Å². The maximum Gasteiger partial charge on any atom is 0.271 e.